The zero-order chi connectivity index (χ0) is 12.6. The van der Waals surface area contributed by atoms with Gasteiger partial charge in [0.1, 0.15) is 0 Å². The summed E-state index contributed by atoms with van der Waals surface area (Å²) < 4.78 is 2.62. The molecule has 0 amide bonds. The van der Waals surface area contributed by atoms with Crippen molar-refractivity contribution in [2.24, 2.45) is 7.05 Å². The lowest BCUT2D eigenvalue weighted by Gasteiger charge is -2.01. The summed E-state index contributed by atoms with van der Waals surface area (Å²) in [5, 5.41) is 8.58. The number of aryl methyl sites for hydroxylation is 2. The van der Waals surface area contributed by atoms with Crippen molar-refractivity contribution >= 4 is 17.1 Å². The number of nitrogens with zero attached hydrogens (tertiary/aromatic N) is 3. The van der Waals surface area contributed by atoms with E-state index in [2.05, 4.69) is 9.97 Å². The largest absolute Gasteiger partial charge is 0.481 e. The number of carboxylic acid groups (broad SMARTS) is 1. The molecule has 0 bridgehead atoms. The standard InChI is InChI=1S/C9H10N4O4/c1-12-7-6(8(16)11-9(12)17)13(4-10-7)3-2-5(14)15/h4H,2-3H2,1H3,(H,14,15)(H,11,16,17). The number of fused-ring (bicyclic) bond motifs is 1. The van der Waals surface area contributed by atoms with Crippen LogP contribution in [0, 0.1) is 0 Å². The van der Waals surface area contributed by atoms with Crippen LogP contribution in [-0.2, 0) is 18.4 Å². The molecule has 0 atom stereocenters. The topological polar surface area (TPSA) is 110 Å². The Morgan fingerprint density at radius 3 is 2.88 bits per heavy atom. The van der Waals surface area contributed by atoms with Gasteiger partial charge in [0, 0.05) is 13.6 Å². The first-order valence-corrected chi connectivity index (χ1v) is 4.86. The average Bonchev–Trinajstić information content (AvgIpc) is 2.67. The van der Waals surface area contributed by atoms with Crippen molar-refractivity contribution in [2.75, 3.05) is 0 Å². The molecule has 2 aromatic rings. The monoisotopic (exact) mass is 238 g/mol. The molecule has 8 heteroatoms. The van der Waals surface area contributed by atoms with Gasteiger partial charge in [0.25, 0.3) is 5.56 Å². The second kappa shape index (κ2) is 3.89. The van der Waals surface area contributed by atoms with E-state index in [1.54, 1.807) is 0 Å². The average molecular weight is 238 g/mol. The fourth-order valence-corrected chi connectivity index (χ4v) is 1.57. The minimum atomic E-state index is -0.965. The molecule has 0 saturated carbocycles. The number of hydrogen-bond donors (Lipinski definition) is 2. The smallest absolute Gasteiger partial charge is 0.329 e. The molecule has 0 aromatic carbocycles. The highest BCUT2D eigenvalue weighted by Crippen LogP contribution is 2.05. The van der Waals surface area contributed by atoms with Gasteiger partial charge in [-0.25, -0.2) is 9.78 Å². The normalized spacial score (nSPS) is 10.9. The van der Waals surface area contributed by atoms with Crippen molar-refractivity contribution in [1.29, 1.82) is 0 Å². The van der Waals surface area contributed by atoms with Crippen LogP contribution in [0.3, 0.4) is 0 Å². The quantitative estimate of drug-likeness (QED) is 0.705. The van der Waals surface area contributed by atoms with Crippen molar-refractivity contribution in [3.63, 3.8) is 0 Å². The molecule has 0 aliphatic rings. The second-order valence-electron chi connectivity index (χ2n) is 3.57. The molecule has 0 radical (unpaired) electrons. The number of nitrogens with one attached hydrogen (secondary N) is 1. The maximum atomic E-state index is 11.6. The lowest BCUT2D eigenvalue weighted by atomic mass is 10.4. The van der Waals surface area contributed by atoms with E-state index in [0.29, 0.717) is 0 Å². The van der Waals surface area contributed by atoms with E-state index in [1.807, 2.05) is 0 Å². The summed E-state index contributed by atoms with van der Waals surface area (Å²) in [7, 11) is 1.48. The van der Waals surface area contributed by atoms with Crippen molar-refractivity contribution in [2.45, 2.75) is 13.0 Å². The first-order chi connectivity index (χ1) is 8.00. The Morgan fingerprint density at radius 1 is 1.53 bits per heavy atom. The molecule has 2 rings (SSSR count). The van der Waals surface area contributed by atoms with Gasteiger partial charge in [-0.2, -0.15) is 0 Å². The van der Waals surface area contributed by atoms with Crippen LogP contribution in [0.15, 0.2) is 15.9 Å². The SMILES string of the molecule is Cn1c(=O)[nH]c(=O)c2c1ncn2CCC(=O)O. The summed E-state index contributed by atoms with van der Waals surface area (Å²) in [4.78, 5) is 39.4. The first kappa shape index (κ1) is 11.1. The van der Waals surface area contributed by atoms with E-state index >= 15 is 0 Å². The molecule has 2 aromatic heterocycles. The number of aromatic nitrogens is 4. The molecule has 0 aliphatic heterocycles. The molecular formula is C9H10N4O4. The highest BCUT2D eigenvalue weighted by atomic mass is 16.4. The van der Waals surface area contributed by atoms with Crippen molar-refractivity contribution in [1.82, 2.24) is 19.1 Å². The number of carboxylic acids is 1. The van der Waals surface area contributed by atoms with Gasteiger partial charge in [-0.05, 0) is 0 Å². The zero-order valence-electron chi connectivity index (χ0n) is 9.01. The third kappa shape index (κ3) is 1.84. The maximum Gasteiger partial charge on any atom is 0.329 e. The summed E-state index contributed by atoms with van der Waals surface area (Å²) in [5.74, 6) is -0.965. The Bertz CT molecular complexity index is 693. The van der Waals surface area contributed by atoms with Crippen LogP contribution in [-0.4, -0.2) is 30.2 Å². The number of H-pyrrole nitrogens is 1. The Kier molecular flexibility index (Phi) is 2.54. The van der Waals surface area contributed by atoms with Gasteiger partial charge in [-0.3, -0.25) is 19.1 Å². The predicted octanol–water partition coefficient (Wildman–Crippen LogP) is -1.10. The molecule has 0 unspecified atom stereocenters. The second-order valence-corrected chi connectivity index (χ2v) is 3.57. The molecule has 8 nitrogen and oxygen atoms in total. The fourth-order valence-electron chi connectivity index (χ4n) is 1.57. The molecule has 0 spiro atoms. The van der Waals surface area contributed by atoms with Crippen LogP contribution in [0.25, 0.3) is 11.2 Å². The fraction of sp³-hybridized carbons (Fsp3) is 0.333. The summed E-state index contributed by atoms with van der Waals surface area (Å²) in [6.45, 7) is 0.132. The van der Waals surface area contributed by atoms with Crippen LogP contribution in [0.1, 0.15) is 6.42 Å². The Labute approximate surface area is 94.1 Å². The van der Waals surface area contributed by atoms with Crippen LogP contribution in [0.2, 0.25) is 0 Å². The minimum absolute atomic E-state index is 0.117. The van der Waals surface area contributed by atoms with E-state index < -0.39 is 17.2 Å². The summed E-state index contributed by atoms with van der Waals surface area (Å²) >= 11 is 0. The minimum Gasteiger partial charge on any atom is -0.481 e. The first-order valence-electron chi connectivity index (χ1n) is 4.86. The number of aliphatic carboxylic acids is 1. The molecule has 0 fully saturated rings. The molecule has 0 saturated heterocycles. The Balaban J connectivity index is 2.61. The highest BCUT2D eigenvalue weighted by molar-refractivity contribution is 5.70. The predicted molar refractivity (Wildman–Crippen MR) is 57.8 cm³/mol. The molecule has 17 heavy (non-hydrogen) atoms. The van der Waals surface area contributed by atoms with E-state index in [0.717, 1.165) is 0 Å². The third-order valence-electron chi connectivity index (χ3n) is 2.44. The lowest BCUT2D eigenvalue weighted by Crippen LogP contribution is -2.29. The lowest BCUT2D eigenvalue weighted by molar-refractivity contribution is -0.137. The highest BCUT2D eigenvalue weighted by Gasteiger charge is 2.11. The van der Waals surface area contributed by atoms with Gasteiger partial charge in [0.15, 0.2) is 11.2 Å². The van der Waals surface area contributed by atoms with E-state index in [1.165, 1.54) is 22.5 Å². The van der Waals surface area contributed by atoms with Crippen LogP contribution in [0.5, 0.6) is 0 Å². The van der Waals surface area contributed by atoms with E-state index in [-0.39, 0.29) is 24.1 Å². The molecular weight excluding hydrogens is 228 g/mol. The van der Waals surface area contributed by atoms with Crippen molar-refractivity contribution in [3.05, 3.63) is 27.2 Å². The zero-order valence-corrected chi connectivity index (χ0v) is 9.01. The summed E-state index contributed by atoms with van der Waals surface area (Å²) in [6, 6.07) is 0. The molecule has 90 valence electrons. The number of hydrogen-bond acceptors (Lipinski definition) is 4. The number of imidazole rings is 1. The van der Waals surface area contributed by atoms with Gasteiger partial charge in [-0.15, -0.1) is 0 Å². The Morgan fingerprint density at radius 2 is 2.24 bits per heavy atom. The van der Waals surface area contributed by atoms with Crippen LogP contribution >= 0.6 is 0 Å². The summed E-state index contributed by atoms with van der Waals surface area (Å²) in [5.41, 5.74) is -0.672. The van der Waals surface area contributed by atoms with Crippen LogP contribution in [0.4, 0.5) is 0 Å². The number of carbonyl (C=O) groups is 1. The molecule has 2 N–H and O–H groups in total. The molecule has 2 heterocycles. The van der Waals surface area contributed by atoms with Gasteiger partial charge >= 0.3 is 11.7 Å². The van der Waals surface area contributed by atoms with Crippen LogP contribution < -0.4 is 11.2 Å². The van der Waals surface area contributed by atoms with E-state index in [4.69, 9.17) is 5.11 Å². The summed E-state index contributed by atoms with van der Waals surface area (Å²) in [6.07, 6.45) is 1.23. The van der Waals surface area contributed by atoms with Crippen molar-refractivity contribution < 1.29 is 9.90 Å². The third-order valence-corrected chi connectivity index (χ3v) is 2.44. The van der Waals surface area contributed by atoms with Gasteiger partial charge in [0.05, 0.1) is 12.7 Å². The number of rotatable bonds is 3. The molecule has 0 aliphatic carbocycles. The van der Waals surface area contributed by atoms with Crippen molar-refractivity contribution in [3.8, 4) is 0 Å². The van der Waals surface area contributed by atoms with Gasteiger partial charge in [-0.1, -0.05) is 0 Å². The van der Waals surface area contributed by atoms with Gasteiger partial charge in [0.2, 0.25) is 0 Å². The van der Waals surface area contributed by atoms with E-state index in [9.17, 15) is 14.4 Å². The number of aromatic amines is 1. The maximum absolute atomic E-state index is 11.6. The Hall–Kier alpha value is -2.38. The van der Waals surface area contributed by atoms with Gasteiger partial charge < -0.3 is 9.67 Å².